The molecule has 5 N–H and O–H groups in total. The number of carbonyl (C=O) groups excluding carboxylic acids is 2. The van der Waals surface area contributed by atoms with E-state index in [0.717, 1.165) is 23.2 Å². The zero-order valence-corrected chi connectivity index (χ0v) is 17.9. The predicted octanol–water partition coefficient (Wildman–Crippen LogP) is 1.76. The van der Waals surface area contributed by atoms with Crippen LogP contribution < -0.4 is 16.8 Å². The van der Waals surface area contributed by atoms with E-state index in [1.807, 2.05) is 24.3 Å². The van der Waals surface area contributed by atoms with Crippen LogP contribution in [0.4, 0.5) is 0 Å². The highest BCUT2D eigenvalue weighted by Crippen LogP contribution is 2.30. The number of nitrogens with zero attached hydrogens (tertiary/aromatic N) is 2. The molecule has 0 spiro atoms. The average Bonchev–Trinajstić information content (AvgIpc) is 3.15. The zero-order chi connectivity index (χ0) is 21.7. The fourth-order valence-electron chi connectivity index (χ4n) is 3.91. The Morgan fingerprint density at radius 2 is 2.10 bits per heavy atom. The first-order chi connectivity index (χ1) is 14.3. The van der Waals surface area contributed by atoms with Crippen molar-refractivity contribution in [2.24, 2.45) is 11.5 Å². The Hall–Kier alpha value is -2.48. The highest BCUT2D eigenvalue weighted by atomic mass is 35.5. The molecule has 2 atom stereocenters. The lowest BCUT2D eigenvalue weighted by molar-refractivity contribution is -0.145. The van der Waals surface area contributed by atoms with Gasteiger partial charge in [0.1, 0.15) is 5.54 Å². The molecule has 0 aliphatic carbocycles. The second-order valence-electron chi connectivity index (χ2n) is 7.80. The maximum absolute atomic E-state index is 13.1. The molecule has 1 saturated heterocycles. The van der Waals surface area contributed by atoms with Gasteiger partial charge in [-0.3, -0.25) is 14.6 Å². The van der Waals surface area contributed by atoms with Crippen LogP contribution in [0.1, 0.15) is 36.6 Å². The molecule has 0 unspecified atom stereocenters. The number of likely N-dealkylation sites (tertiary alicyclic amines) is 1. The lowest BCUT2D eigenvalue weighted by Gasteiger charge is -2.35. The highest BCUT2D eigenvalue weighted by Gasteiger charge is 2.46. The van der Waals surface area contributed by atoms with Gasteiger partial charge in [0.15, 0.2) is 0 Å². The Kier molecular flexibility index (Phi) is 7.07. The Morgan fingerprint density at radius 1 is 1.30 bits per heavy atom. The molecule has 1 aliphatic rings. The summed E-state index contributed by atoms with van der Waals surface area (Å²) in [6, 6.07) is 10.2. The Labute approximate surface area is 181 Å². The summed E-state index contributed by atoms with van der Waals surface area (Å²) in [4.78, 5) is 32.0. The number of rotatable bonds is 7. The standard InChI is InChI=1S/C22H28ClN5O2/c1-22(21(30)27-14-16-11-17(23)7-6-15(16)13-24)8-4-10-28(22)20(29)19(25)12-18-5-2-3-9-26-18/h2-3,5-7,9,11,19H,4,8,10,12-14,24-25H2,1H3,(H,27,30)/t19-,22+/m1/s1. The summed E-state index contributed by atoms with van der Waals surface area (Å²) < 4.78 is 0. The van der Waals surface area contributed by atoms with E-state index < -0.39 is 11.6 Å². The van der Waals surface area contributed by atoms with Crippen LogP contribution in [0.5, 0.6) is 0 Å². The van der Waals surface area contributed by atoms with Crippen LogP contribution in [0.2, 0.25) is 5.02 Å². The topological polar surface area (TPSA) is 114 Å². The van der Waals surface area contributed by atoms with Gasteiger partial charge in [0.25, 0.3) is 0 Å². The lowest BCUT2D eigenvalue weighted by atomic mass is 9.96. The second kappa shape index (κ2) is 9.55. The first kappa shape index (κ1) is 22.2. The van der Waals surface area contributed by atoms with Crippen molar-refractivity contribution in [1.29, 1.82) is 0 Å². The monoisotopic (exact) mass is 429 g/mol. The Bertz CT molecular complexity index is 908. The molecule has 160 valence electrons. The lowest BCUT2D eigenvalue weighted by Crippen LogP contribution is -2.58. The van der Waals surface area contributed by atoms with Gasteiger partial charge in [-0.1, -0.05) is 23.7 Å². The molecule has 7 nitrogen and oxygen atoms in total. The normalized spacial score (nSPS) is 19.5. The van der Waals surface area contributed by atoms with Gasteiger partial charge in [-0.05, 0) is 55.2 Å². The van der Waals surface area contributed by atoms with Crippen LogP contribution in [0.3, 0.4) is 0 Å². The molecule has 0 radical (unpaired) electrons. The van der Waals surface area contributed by atoms with E-state index in [9.17, 15) is 9.59 Å². The van der Waals surface area contributed by atoms with Crippen molar-refractivity contribution < 1.29 is 9.59 Å². The number of halogens is 1. The van der Waals surface area contributed by atoms with Gasteiger partial charge in [-0.25, -0.2) is 0 Å². The SMILES string of the molecule is C[C@@]1(C(=O)NCc2cc(Cl)ccc2CN)CCCN1C(=O)[C@H](N)Cc1ccccn1. The maximum atomic E-state index is 13.1. The van der Waals surface area contributed by atoms with Crippen LogP contribution in [0.25, 0.3) is 0 Å². The Morgan fingerprint density at radius 3 is 2.80 bits per heavy atom. The van der Waals surface area contributed by atoms with E-state index in [1.54, 1.807) is 30.2 Å². The zero-order valence-electron chi connectivity index (χ0n) is 17.1. The number of carbonyl (C=O) groups is 2. The molecule has 0 saturated carbocycles. The molecule has 2 heterocycles. The predicted molar refractivity (Wildman–Crippen MR) is 116 cm³/mol. The number of hydrogen-bond donors (Lipinski definition) is 3. The first-order valence-electron chi connectivity index (χ1n) is 10.1. The molecule has 1 aromatic carbocycles. The van der Waals surface area contributed by atoms with Crippen molar-refractivity contribution in [2.45, 2.75) is 50.9 Å². The number of amides is 2. The fourth-order valence-corrected chi connectivity index (χ4v) is 4.10. The summed E-state index contributed by atoms with van der Waals surface area (Å²) in [6.07, 6.45) is 3.33. The minimum Gasteiger partial charge on any atom is -0.350 e. The molecule has 1 aliphatic heterocycles. The third-order valence-corrected chi connectivity index (χ3v) is 5.93. The van der Waals surface area contributed by atoms with Gasteiger partial charge in [0.2, 0.25) is 11.8 Å². The second-order valence-corrected chi connectivity index (χ2v) is 8.24. The van der Waals surface area contributed by atoms with Crippen molar-refractivity contribution >= 4 is 23.4 Å². The van der Waals surface area contributed by atoms with Gasteiger partial charge in [0.05, 0.1) is 6.04 Å². The number of nitrogens with two attached hydrogens (primary N) is 2. The largest absolute Gasteiger partial charge is 0.350 e. The van der Waals surface area contributed by atoms with Crippen LogP contribution in [0.15, 0.2) is 42.6 Å². The van der Waals surface area contributed by atoms with E-state index in [0.29, 0.717) is 37.5 Å². The molecule has 2 aromatic rings. The molecule has 2 amide bonds. The van der Waals surface area contributed by atoms with E-state index >= 15 is 0 Å². The molecule has 3 rings (SSSR count). The maximum Gasteiger partial charge on any atom is 0.245 e. The summed E-state index contributed by atoms with van der Waals surface area (Å²) in [5, 5.41) is 3.54. The number of hydrogen-bond acceptors (Lipinski definition) is 5. The van der Waals surface area contributed by atoms with Crippen LogP contribution >= 0.6 is 11.6 Å². The summed E-state index contributed by atoms with van der Waals surface area (Å²) in [7, 11) is 0. The van der Waals surface area contributed by atoms with Crippen LogP contribution in [0, 0.1) is 0 Å². The van der Waals surface area contributed by atoms with Crippen molar-refractivity contribution in [1.82, 2.24) is 15.2 Å². The quantitative estimate of drug-likeness (QED) is 0.620. The van der Waals surface area contributed by atoms with E-state index in [4.69, 9.17) is 23.1 Å². The first-order valence-corrected chi connectivity index (χ1v) is 10.5. The van der Waals surface area contributed by atoms with E-state index in [1.165, 1.54) is 0 Å². The van der Waals surface area contributed by atoms with Crippen molar-refractivity contribution in [3.05, 3.63) is 64.4 Å². The third-order valence-electron chi connectivity index (χ3n) is 5.70. The smallest absolute Gasteiger partial charge is 0.245 e. The van der Waals surface area contributed by atoms with Gasteiger partial charge >= 0.3 is 0 Å². The third kappa shape index (κ3) is 4.80. The number of pyridine rings is 1. The number of benzene rings is 1. The molecule has 30 heavy (non-hydrogen) atoms. The van der Waals surface area contributed by atoms with Crippen LogP contribution in [-0.2, 0) is 29.1 Å². The van der Waals surface area contributed by atoms with Crippen LogP contribution in [-0.4, -0.2) is 39.8 Å². The van der Waals surface area contributed by atoms with Crippen molar-refractivity contribution in [3.8, 4) is 0 Å². The van der Waals surface area contributed by atoms with Crippen molar-refractivity contribution in [3.63, 3.8) is 0 Å². The average molecular weight is 430 g/mol. The number of aromatic nitrogens is 1. The minimum absolute atomic E-state index is 0.207. The molecular formula is C22H28ClN5O2. The molecular weight excluding hydrogens is 402 g/mol. The summed E-state index contributed by atoms with van der Waals surface area (Å²) >= 11 is 6.08. The van der Waals surface area contributed by atoms with Gasteiger partial charge in [-0.2, -0.15) is 0 Å². The van der Waals surface area contributed by atoms with E-state index in [2.05, 4.69) is 10.3 Å². The van der Waals surface area contributed by atoms with Crippen molar-refractivity contribution in [2.75, 3.05) is 6.54 Å². The number of nitrogens with one attached hydrogen (secondary N) is 1. The summed E-state index contributed by atoms with van der Waals surface area (Å²) in [5.41, 5.74) is 13.6. The molecule has 1 aromatic heterocycles. The van der Waals surface area contributed by atoms with Gasteiger partial charge in [-0.15, -0.1) is 0 Å². The minimum atomic E-state index is -0.944. The summed E-state index contributed by atoms with van der Waals surface area (Å²) in [6.45, 7) is 2.95. The highest BCUT2D eigenvalue weighted by molar-refractivity contribution is 6.30. The molecule has 8 heteroatoms. The molecule has 1 fully saturated rings. The van der Waals surface area contributed by atoms with E-state index in [-0.39, 0.29) is 11.8 Å². The van der Waals surface area contributed by atoms with Gasteiger partial charge in [0, 0.05) is 43.0 Å². The Balaban J connectivity index is 1.68. The molecule has 0 bridgehead atoms. The van der Waals surface area contributed by atoms with Gasteiger partial charge < -0.3 is 21.7 Å². The fraction of sp³-hybridized carbons (Fsp3) is 0.409. The summed E-state index contributed by atoms with van der Waals surface area (Å²) in [5.74, 6) is -0.442.